The van der Waals surface area contributed by atoms with Gasteiger partial charge in [-0.1, -0.05) is 26.7 Å². The third-order valence-electron chi connectivity index (χ3n) is 6.47. The molecule has 6 heteroatoms. The smallest absolute Gasteiger partial charge is 0.317 e. The lowest BCUT2D eigenvalue weighted by Crippen LogP contribution is -2.54. The molecule has 0 aromatic carbocycles. The van der Waals surface area contributed by atoms with Crippen molar-refractivity contribution in [3.63, 3.8) is 0 Å². The fourth-order valence-corrected chi connectivity index (χ4v) is 4.31. The van der Waals surface area contributed by atoms with E-state index in [2.05, 4.69) is 24.1 Å². The molecule has 2 N–H and O–H groups in total. The third kappa shape index (κ3) is 5.42. The van der Waals surface area contributed by atoms with E-state index in [4.69, 9.17) is 5.11 Å². The van der Waals surface area contributed by atoms with Crippen LogP contribution in [0.1, 0.15) is 52.9 Å². The van der Waals surface area contributed by atoms with Crippen LogP contribution in [-0.2, 0) is 9.59 Å². The number of nitrogens with one attached hydrogen (secondary N) is 1. The maximum absolute atomic E-state index is 12.7. The van der Waals surface area contributed by atoms with E-state index in [0.717, 1.165) is 32.4 Å². The molecule has 1 saturated carbocycles. The Bertz CT molecular complexity index is 463. The summed E-state index contributed by atoms with van der Waals surface area (Å²) in [5.74, 6) is 0.576. The van der Waals surface area contributed by atoms with Crippen LogP contribution in [0.15, 0.2) is 0 Å². The molecule has 0 spiro atoms. The van der Waals surface area contributed by atoms with Crippen molar-refractivity contribution in [2.24, 2.45) is 11.8 Å². The minimum Gasteiger partial charge on any atom is -0.480 e. The van der Waals surface area contributed by atoms with Gasteiger partial charge < -0.3 is 10.4 Å². The van der Waals surface area contributed by atoms with Crippen molar-refractivity contribution in [1.82, 2.24) is 15.1 Å². The second-order valence-corrected chi connectivity index (χ2v) is 8.13. The number of amides is 1. The Kier molecular flexibility index (Phi) is 7.25. The van der Waals surface area contributed by atoms with Crippen molar-refractivity contribution >= 4 is 11.9 Å². The van der Waals surface area contributed by atoms with Crippen LogP contribution in [0.2, 0.25) is 0 Å². The fraction of sp³-hybridized carbons (Fsp3) is 0.895. The molecule has 1 amide bonds. The number of likely N-dealkylation sites (tertiary alicyclic amines) is 1. The number of likely N-dealkylation sites (N-methyl/N-ethyl adjacent to an activating group) is 1. The second-order valence-electron chi connectivity index (χ2n) is 8.13. The quantitative estimate of drug-likeness (QED) is 0.762. The van der Waals surface area contributed by atoms with Crippen molar-refractivity contribution < 1.29 is 14.7 Å². The first-order chi connectivity index (χ1) is 11.8. The number of hydrogen-bond acceptors (Lipinski definition) is 4. The summed E-state index contributed by atoms with van der Waals surface area (Å²) in [5.41, 5.74) is 0. The molecule has 0 bridgehead atoms. The highest BCUT2D eigenvalue weighted by Gasteiger charge is 2.32. The summed E-state index contributed by atoms with van der Waals surface area (Å²) in [6.45, 7) is 8.31. The first-order valence-electron chi connectivity index (χ1n) is 9.76. The Morgan fingerprint density at radius 2 is 1.84 bits per heavy atom. The molecular weight excluding hydrogens is 318 g/mol. The van der Waals surface area contributed by atoms with E-state index in [-0.39, 0.29) is 18.5 Å². The number of carboxylic acid groups (broad SMARTS) is 1. The van der Waals surface area contributed by atoms with Gasteiger partial charge in [-0.15, -0.1) is 0 Å². The molecule has 0 radical (unpaired) electrons. The molecule has 2 fully saturated rings. The lowest BCUT2D eigenvalue weighted by atomic mass is 9.78. The summed E-state index contributed by atoms with van der Waals surface area (Å²) in [4.78, 5) is 27.7. The van der Waals surface area contributed by atoms with E-state index in [0.29, 0.717) is 23.9 Å². The minimum absolute atomic E-state index is 0.0818. The zero-order valence-electron chi connectivity index (χ0n) is 16.2. The summed E-state index contributed by atoms with van der Waals surface area (Å²) < 4.78 is 0. The van der Waals surface area contributed by atoms with Crippen molar-refractivity contribution in [3.8, 4) is 0 Å². The van der Waals surface area contributed by atoms with Crippen LogP contribution < -0.4 is 5.32 Å². The monoisotopic (exact) mass is 353 g/mol. The van der Waals surface area contributed by atoms with Crippen LogP contribution in [0.5, 0.6) is 0 Å². The molecule has 1 saturated heterocycles. The van der Waals surface area contributed by atoms with Crippen molar-refractivity contribution in [1.29, 1.82) is 0 Å². The van der Waals surface area contributed by atoms with E-state index >= 15 is 0 Å². The predicted octanol–water partition coefficient (Wildman–Crippen LogP) is 1.80. The van der Waals surface area contributed by atoms with E-state index in [1.165, 1.54) is 12.8 Å². The summed E-state index contributed by atoms with van der Waals surface area (Å²) in [6.07, 6.45) is 5.38. The zero-order valence-corrected chi connectivity index (χ0v) is 16.2. The second kappa shape index (κ2) is 8.99. The number of nitrogens with zero attached hydrogens (tertiary/aromatic N) is 2. The van der Waals surface area contributed by atoms with Gasteiger partial charge in [-0.3, -0.25) is 19.4 Å². The van der Waals surface area contributed by atoms with E-state index in [1.807, 2.05) is 18.9 Å². The number of carbonyl (C=O) groups is 2. The van der Waals surface area contributed by atoms with Crippen molar-refractivity contribution in [2.45, 2.75) is 71.0 Å². The Labute approximate surface area is 151 Å². The molecule has 4 unspecified atom stereocenters. The van der Waals surface area contributed by atoms with Gasteiger partial charge >= 0.3 is 5.97 Å². The van der Waals surface area contributed by atoms with Gasteiger partial charge in [-0.05, 0) is 45.1 Å². The van der Waals surface area contributed by atoms with Gasteiger partial charge in [0.2, 0.25) is 5.91 Å². The van der Waals surface area contributed by atoms with Gasteiger partial charge in [0, 0.05) is 25.2 Å². The first-order valence-corrected chi connectivity index (χ1v) is 9.76. The van der Waals surface area contributed by atoms with E-state index in [1.54, 1.807) is 0 Å². The highest BCUT2D eigenvalue weighted by atomic mass is 16.4. The molecule has 2 rings (SSSR count). The third-order valence-corrected chi connectivity index (χ3v) is 6.47. The summed E-state index contributed by atoms with van der Waals surface area (Å²) >= 11 is 0. The van der Waals surface area contributed by atoms with Crippen molar-refractivity contribution in [2.75, 3.05) is 26.7 Å². The van der Waals surface area contributed by atoms with Crippen LogP contribution in [0, 0.1) is 11.8 Å². The number of piperidine rings is 1. The minimum atomic E-state index is -0.784. The molecule has 1 heterocycles. The van der Waals surface area contributed by atoms with Gasteiger partial charge in [0.25, 0.3) is 0 Å². The maximum atomic E-state index is 12.7. The Hall–Kier alpha value is -1.14. The molecule has 1 aliphatic carbocycles. The highest BCUT2D eigenvalue weighted by Crippen LogP contribution is 2.29. The summed E-state index contributed by atoms with van der Waals surface area (Å²) in [6, 6.07) is 0.481. The lowest BCUT2D eigenvalue weighted by Gasteiger charge is -2.40. The molecule has 144 valence electrons. The van der Waals surface area contributed by atoms with Crippen LogP contribution in [0.4, 0.5) is 0 Å². The molecular formula is C19H35N3O3. The molecule has 0 aromatic heterocycles. The summed E-state index contributed by atoms with van der Waals surface area (Å²) in [7, 11) is 1.87. The number of hydrogen-bond donors (Lipinski definition) is 2. The van der Waals surface area contributed by atoms with Crippen molar-refractivity contribution in [3.05, 3.63) is 0 Å². The van der Waals surface area contributed by atoms with Crippen LogP contribution in [0.25, 0.3) is 0 Å². The van der Waals surface area contributed by atoms with Crippen LogP contribution in [0.3, 0.4) is 0 Å². The summed E-state index contributed by atoms with van der Waals surface area (Å²) in [5, 5.41) is 12.2. The first kappa shape index (κ1) is 20.2. The normalized spacial score (nSPS) is 30.2. The number of aliphatic carboxylic acids is 1. The fourth-order valence-electron chi connectivity index (χ4n) is 4.31. The molecule has 1 aliphatic heterocycles. The van der Waals surface area contributed by atoms with Crippen LogP contribution >= 0.6 is 0 Å². The Morgan fingerprint density at radius 3 is 2.44 bits per heavy atom. The average molecular weight is 354 g/mol. The molecule has 25 heavy (non-hydrogen) atoms. The Morgan fingerprint density at radius 1 is 1.20 bits per heavy atom. The lowest BCUT2D eigenvalue weighted by molar-refractivity contribution is -0.138. The SMILES string of the molecule is CC1CCCC(NC(=O)C(C)N2CCC(N(C)CC(=O)O)CC2)C1C. The number of rotatable bonds is 6. The molecule has 4 atom stereocenters. The Balaban J connectivity index is 1.80. The standard InChI is InChI=1S/C19H35N3O3/c1-13-6-5-7-17(14(13)2)20-19(25)15(3)22-10-8-16(9-11-22)21(4)12-18(23)24/h13-17H,5-12H2,1-4H3,(H,20,25)(H,23,24). The molecule has 0 aromatic rings. The average Bonchev–Trinajstić information content (AvgIpc) is 2.57. The maximum Gasteiger partial charge on any atom is 0.317 e. The van der Waals surface area contributed by atoms with E-state index in [9.17, 15) is 9.59 Å². The number of carbonyl (C=O) groups excluding carboxylic acids is 1. The predicted molar refractivity (Wildman–Crippen MR) is 98.4 cm³/mol. The number of carboxylic acids is 1. The topological polar surface area (TPSA) is 72.9 Å². The van der Waals surface area contributed by atoms with Crippen LogP contribution in [-0.4, -0.2) is 71.6 Å². The zero-order chi connectivity index (χ0) is 18.6. The van der Waals surface area contributed by atoms with E-state index < -0.39 is 5.97 Å². The largest absolute Gasteiger partial charge is 0.480 e. The highest BCUT2D eigenvalue weighted by molar-refractivity contribution is 5.81. The van der Waals surface area contributed by atoms with Gasteiger partial charge in [0.05, 0.1) is 12.6 Å². The van der Waals surface area contributed by atoms with Gasteiger partial charge in [0.15, 0.2) is 0 Å². The van der Waals surface area contributed by atoms with Gasteiger partial charge in [-0.2, -0.15) is 0 Å². The molecule has 2 aliphatic rings. The van der Waals surface area contributed by atoms with Gasteiger partial charge in [0.1, 0.15) is 0 Å². The molecule has 6 nitrogen and oxygen atoms in total. The van der Waals surface area contributed by atoms with Gasteiger partial charge in [-0.25, -0.2) is 0 Å².